The van der Waals surface area contributed by atoms with Crippen molar-refractivity contribution in [3.63, 3.8) is 0 Å². The molecule has 0 aliphatic carbocycles. The number of aromatic carboxylic acids is 1. The van der Waals surface area contributed by atoms with Gasteiger partial charge in [-0.15, -0.1) is 0 Å². The maximum atomic E-state index is 11.4. The van der Waals surface area contributed by atoms with E-state index in [1.54, 1.807) is 12.1 Å². The number of hydrogen-bond donors (Lipinski definition) is 1. The smallest absolute Gasteiger partial charge is 0.335 e. The number of benzene rings is 3. The number of nitrogens with zero attached hydrogens (tertiary/aromatic N) is 1. The van der Waals surface area contributed by atoms with Gasteiger partial charge in [0.05, 0.1) is 16.8 Å². The summed E-state index contributed by atoms with van der Waals surface area (Å²) in [6, 6.07) is 27.5. The summed E-state index contributed by atoms with van der Waals surface area (Å²) in [6.45, 7) is 0. The molecule has 0 radical (unpaired) electrons. The number of carbonyl (C=O) groups is 1. The summed E-state index contributed by atoms with van der Waals surface area (Å²) >= 11 is 0. The standard InChI is InChI=1S/C21H15NO2/c23-21(24)17-12-11-16-13-19(15-7-3-1-4-8-15)22(20(16)14-17)18-9-5-2-6-10-18/h1-14H,(H,23,24). The van der Waals surface area contributed by atoms with Crippen LogP contribution < -0.4 is 0 Å². The first kappa shape index (κ1) is 14.3. The molecule has 0 saturated carbocycles. The summed E-state index contributed by atoms with van der Waals surface area (Å²) in [7, 11) is 0. The van der Waals surface area contributed by atoms with Gasteiger partial charge in [0.2, 0.25) is 0 Å². The van der Waals surface area contributed by atoms with Crippen LogP contribution in [-0.2, 0) is 0 Å². The SMILES string of the molecule is O=C(O)c1ccc2cc(-c3ccccc3)n(-c3ccccc3)c2c1. The Hall–Kier alpha value is -3.33. The van der Waals surface area contributed by atoms with Crippen molar-refractivity contribution in [2.45, 2.75) is 0 Å². The van der Waals surface area contributed by atoms with Crippen LogP contribution in [0.25, 0.3) is 27.8 Å². The van der Waals surface area contributed by atoms with Crippen LogP contribution in [0.5, 0.6) is 0 Å². The number of carboxylic acids is 1. The summed E-state index contributed by atoms with van der Waals surface area (Å²) in [5.74, 6) is -0.918. The molecule has 0 spiro atoms. The minimum atomic E-state index is -0.918. The lowest BCUT2D eigenvalue weighted by molar-refractivity contribution is 0.0697. The van der Waals surface area contributed by atoms with Crippen LogP contribution in [0.1, 0.15) is 10.4 Å². The van der Waals surface area contributed by atoms with Crippen molar-refractivity contribution in [3.8, 4) is 16.9 Å². The zero-order chi connectivity index (χ0) is 16.5. The van der Waals surface area contributed by atoms with Gasteiger partial charge in [-0.1, -0.05) is 54.6 Å². The Morgan fingerprint density at radius 2 is 1.46 bits per heavy atom. The highest BCUT2D eigenvalue weighted by Gasteiger charge is 2.14. The van der Waals surface area contributed by atoms with Crippen LogP contribution in [0, 0.1) is 0 Å². The van der Waals surface area contributed by atoms with Crippen LogP contribution in [0.4, 0.5) is 0 Å². The Balaban J connectivity index is 2.07. The van der Waals surface area contributed by atoms with Crippen molar-refractivity contribution in [1.29, 1.82) is 0 Å². The zero-order valence-corrected chi connectivity index (χ0v) is 12.9. The third-order valence-corrected chi connectivity index (χ3v) is 4.14. The van der Waals surface area contributed by atoms with Crippen LogP contribution in [0.15, 0.2) is 84.9 Å². The second kappa shape index (κ2) is 5.70. The lowest BCUT2D eigenvalue weighted by atomic mass is 10.1. The van der Waals surface area contributed by atoms with E-state index >= 15 is 0 Å². The average molecular weight is 313 g/mol. The number of fused-ring (bicyclic) bond motifs is 1. The first-order valence-corrected chi connectivity index (χ1v) is 7.74. The van der Waals surface area contributed by atoms with E-state index < -0.39 is 5.97 Å². The van der Waals surface area contributed by atoms with Crippen LogP contribution in [-0.4, -0.2) is 15.6 Å². The largest absolute Gasteiger partial charge is 0.478 e. The normalized spacial score (nSPS) is 10.8. The fourth-order valence-corrected chi connectivity index (χ4v) is 3.01. The number of hydrogen-bond acceptors (Lipinski definition) is 1. The molecule has 3 aromatic carbocycles. The molecule has 0 atom stereocenters. The highest BCUT2D eigenvalue weighted by molar-refractivity contribution is 5.96. The number of aromatic nitrogens is 1. The fourth-order valence-electron chi connectivity index (χ4n) is 3.01. The highest BCUT2D eigenvalue weighted by Crippen LogP contribution is 2.32. The molecule has 3 nitrogen and oxygen atoms in total. The van der Waals surface area contributed by atoms with Gasteiger partial charge in [-0.2, -0.15) is 0 Å². The van der Waals surface area contributed by atoms with Gasteiger partial charge in [0, 0.05) is 11.1 Å². The average Bonchev–Trinajstić information content (AvgIpc) is 3.01. The fraction of sp³-hybridized carbons (Fsp3) is 0. The van der Waals surface area contributed by atoms with Crippen molar-refractivity contribution >= 4 is 16.9 Å². The van der Waals surface area contributed by atoms with Gasteiger partial charge in [0.15, 0.2) is 0 Å². The molecule has 0 saturated heterocycles. The molecule has 116 valence electrons. The molecular formula is C21H15NO2. The van der Waals surface area contributed by atoms with Crippen LogP contribution in [0.2, 0.25) is 0 Å². The lowest BCUT2D eigenvalue weighted by Gasteiger charge is -2.11. The third-order valence-electron chi connectivity index (χ3n) is 4.14. The molecule has 3 heteroatoms. The Morgan fingerprint density at radius 3 is 2.12 bits per heavy atom. The molecule has 0 aliphatic rings. The quantitative estimate of drug-likeness (QED) is 0.578. The summed E-state index contributed by atoms with van der Waals surface area (Å²) in [6.07, 6.45) is 0. The van der Waals surface area contributed by atoms with Gasteiger partial charge >= 0.3 is 5.97 Å². The van der Waals surface area contributed by atoms with Gasteiger partial charge in [-0.3, -0.25) is 0 Å². The molecule has 24 heavy (non-hydrogen) atoms. The Kier molecular flexibility index (Phi) is 3.39. The highest BCUT2D eigenvalue weighted by atomic mass is 16.4. The second-order valence-electron chi connectivity index (χ2n) is 5.65. The van der Waals surface area contributed by atoms with E-state index in [1.807, 2.05) is 54.6 Å². The summed E-state index contributed by atoms with van der Waals surface area (Å²) < 4.78 is 2.11. The topological polar surface area (TPSA) is 42.2 Å². The molecule has 1 heterocycles. The molecule has 1 aromatic heterocycles. The Bertz CT molecular complexity index is 1020. The molecule has 0 bridgehead atoms. The molecule has 0 amide bonds. The molecule has 0 unspecified atom stereocenters. The molecule has 1 N–H and O–H groups in total. The van der Waals surface area contributed by atoms with Gasteiger partial charge in [-0.05, 0) is 35.9 Å². The number of carboxylic acid groups (broad SMARTS) is 1. The van der Waals surface area contributed by atoms with E-state index in [-0.39, 0.29) is 5.56 Å². The van der Waals surface area contributed by atoms with Gasteiger partial charge in [-0.25, -0.2) is 4.79 Å². The first-order chi connectivity index (χ1) is 11.7. The predicted octanol–water partition coefficient (Wildman–Crippen LogP) is 5.00. The van der Waals surface area contributed by atoms with E-state index in [1.165, 1.54) is 0 Å². The van der Waals surface area contributed by atoms with Crippen molar-refractivity contribution in [2.24, 2.45) is 0 Å². The molecule has 4 aromatic rings. The van der Waals surface area contributed by atoms with Crippen LogP contribution in [0.3, 0.4) is 0 Å². The zero-order valence-electron chi connectivity index (χ0n) is 12.9. The lowest BCUT2D eigenvalue weighted by Crippen LogP contribution is -1.99. The summed E-state index contributed by atoms with van der Waals surface area (Å²) in [5, 5.41) is 10.3. The van der Waals surface area contributed by atoms with Gasteiger partial charge in [0.25, 0.3) is 0 Å². The third kappa shape index (κ3) is 2.36. The summed E-state index contributed by atoms with van der Waals surface area (Å²) in [4.78, 5) is 11.4. The molecule has 4 rings (SSSR count). The number of rotatable bonds is 3. The van der Waals surface area contributed by atoms with Gasteiger partial charge in [0.1, 0.15) is 0 Å². The second-order valence-corrected chi connectivity index (χ2v) is 5.65. The minimum absolute atomic E-state index is 0.289. The van der Waals surface area contributed by atoms with E-state index in [0.29, 0.717) is 0 Å². The minimum Gasteiger partial charge on any atom is -0.478 e. The monoisotopic (exact) mass is 313 g/mol. The maximum absolute atomic E-state index is 11.4. The van der Waals surface area contributed by atoms with Gasteiger partial charge < -0.3 is 9.67 Å². The van der Waals surface area contributed by atoms with Crippen molar-refractivity contribution in [3.05, 3.63) is 90.5 Å². The Labute approximate surface area is 139 Å². The van der Waals surface area contributed by atoms with Crippen molar-refractivity contribution < 1.29 is 9.90 Å². The summed E-state index contributed by atoms with van der Waals surface area (Å²) in [5.41, 5.74) is 4.32. The Morgan fingerprint density at radius 1 is 0.792 bits per heavy atom. The number of para-hydroxylation sites is 1. The molecule has 0 fully saturated rings. The predicted molar refractivity (Wildman–Crippen MR) is 95.7 cm³/mol. The van der Waals surface area contributed by atoms with E-state index in [0.717, 1.165) is 27.8 Å². The first-order valence-electron chi connectivity index (χ1n) is 7.74. The van der Waals surface area contributed by atoms with Crippen molar-refractivity contribution in [2.75, 3.05) is 0 Å². The van der Waals surface area contributed by atoms with Crippen LogP contribution >= 0.6 is 0 Å². The maximum Gasteiger partial charge on any atom is 0.335 e. The molecule has 0 aliphatic heterocycles. The van der Waals surface area contributed by atoms with E-state index in [4.69, 9.17) is 0 Å². The van der Waals surface area contributed by atoms with E-state index in [9.17, 15) is 9.90 Å². The van der Waals surface area contributed by atoms with Crippen molar-refractivity contribution in [1.82, 2.24) is 4.57 Å². The molecular weight excluding hydrogens is 298 g/mol. The van der Waals surface area contributed by atoms with E-state index in [2.05, 4.69) is 22.8 Å².